The molecule has 0 radical (unpaired) electrons. The predicted octanol–water partition coefficient (Wildman–Crippen LogP) is 2.93. The normalized spacial score (nSPS) is 10.7. The van der Waals surface area contributed by atoms with Gasteiger partial charge in [0.05, 0.1) is 16.9 Å². The van der Waals surface area contributed by atoms with Gasteiger partial charge >= 0.3 is 6.61 Å². The minimum Gasteiger partial charge on any atom is -0.433 e. The fourth-order valence-corrected chi connectivity index (χ4v) is 1.87. The minimum atomic E-state index is -2.98. The molecule has 0 aliphatic heterocycles. The van der Waals surface area contributed by atoms with E-state index in [0.29, 0.717) is 0 Å². The molecule has 0 aliphatic carbocycles. The summed E-state index contributed by atoms with van der Waals surface area (Å²) in [7, 11) is 1.54. The number of nitrogens with zero attached hydrogens (tertiary/aromatic N) is 2. The summed E-state index contributed by atoms with van der Waals surface area (Å²) < 4.78 is 30.1. The van der Waals surface area contributed by atoms with Crippen LogP contribution in [0.1, 0.15) is 10.5 Å². The van der Waals surface area contributed by atoms with Crippen molar-refractivity contribution < 1.29 is 18.3 Å². The first kappa shape index (κ1) is 14.3. The van der Waals surface area contributed by atoms with E-state index in [0.717, 1.165) is 0 Å². The number of aryl methyl sites for hydroxylation is 1. The highest BCUT2D eigenvalue weighted by Gasteiger charge is 2.18. The van der Waals surface area contributed by atoms with Gasteiger partial charge in [0.15, 0.2) is 0 Å². The zero-order valence-electron chi connectivity index (χ0n) is 10.3. The zero-order chi connectivity index (χ0) is 14.7. The fourth-order valence-electron chi connectivity index (χ4n) is 1.62. The largest absolute Gasteiger partial charge is 0.433 e. The van der Waals surface area contributed by atoms with Gasteiger partial charge in [-0.05, 0) is 12.1 Å². The lowest BCUT2D eigenvalue weighted by atomic mass is 10.3. The quantitative estimate of drug-likeness (QED) is 0.944. The van der Waals surface area contributed by atoms with Crippen LogP contribution in [0, 0.1) is 0 Å². The molecule has 1 amide bonds. The third-order valence-corrected chi connectivity index (χ3v) is 2.74. The highest BCUT2D eigenvalue weighted by Crippen LogP contribution is 2.26. The van der Waals surface area contributed by atoms with Crippen LogP contribution in [-0.2, 0) is 7.05 Å². The number of carbonyl (C=O) groups is 1. The molecule has 1 aromatic carbocycles. The topological polar surface area (TPSA) is 56.2 Å². The Morgan fingerprint density at radius 1 is 1.45 bits per heavy atom. The summed E-state index contributed by atoms with van der Waals surface area (Å²) in [4.78, 5) is 12.1. The zero-order valence-corrected chi connectivity index (χ0v) is 11.1. The molecule has 0 atom stereocenters. The number of anilines is 1. The van der Waals surface area contributed by atoms with Crippen molar-refractivity contribution in [3.8, 4) is 5.75 Å². The first-order chi connectivity index (χ1) is 9.49. The number of amides is 1. The van der Waals surface area contributed by atoms with Crippen molar-refractivity contribution in [2.24, 2.45) is 7.05 Å². The van der Waals surface area contributed by atoms with Crippen LogP contribution in [-0.4, -0.2) is 22.3 Å². The molecule has 0 saturated heterocycles. The average Bonchev–Trinajstić information content (AvgIpc) is 2.71. The molecule has 20 heavy (non-hydrogen) atoms. The second-order valence-electron chi connectivity index (χ2n) is 3.79. The Morgan fingerprint density at radius 2 is 2.15 bits per heavy atom. The summed E-state index contributed by atoms with van der Waals surface area (Å²) >= 11 is 5.83. The van der Waals surface area contributed by atoms with Crippen molar-refractivity contribution in [1.82, 2.24) is 9.78 Å². The van der Waals surface area contributed by atoms with Crippen molar-refractivity contribution in [3.63, 3.8) is 0 Å². The molecular formula is C12H10ClF2N3O2. The number of hydrogen-bond acceptors (Lipinski definition) is 3. The lowest BCUT2D eigenvalue weighted by molar-refractivity contribution is -0.0493. The summed E-state index contributed by atoms with van der Waals surface area (Å²) in [5.41, 5.74) is 0.244. The molecule has 0 aliphatic rings. The van der Waals surface area contributed by atoms with Crippen molar-refractivity contribution >= 4 is 23.2 Å². The van der Waals surface area contributed by atoms with Gasteiger partial charge in [0, 0.05) is 7.05 Å². The summed E-state index contributed by atoms with van der Waals surface area (Å²) in [6, 6.07) is 5.87. The maximum atomic E-state index is 12.3. The summed E-state index contributed by atoms with van der Waals surface area (Å²) in [6.45, 7) is -2.98. The monoisotopic (exact) mass is 301 g/mol. The number of aromatic nitrogens is 2. The molecule has 2 rings (SSSR count). The van der Waals surface area contributed by atoms with Crippen LogP contribution < -0.4 is 10.1 Å². The van der Waals surface area contributed by atoms with Gasteiger partial charge in [-0.1, -0.05) is 23.7 Å². The number of ether oxygens (including phenoxy) is 1. The molecular weight excluding hydrogens is 292 g/mol. The van der Waals surface area contributed by atoms with Gasteiger partial charge in [0.1, 0.15) is 11.4 Å². The Labute approximate surface area is 118 Å². The Kier molecular flexibility index (Phi) is 4.19. The Hall–Kier alpha value is -2.15. The van der Waals surface area contributed by atoms with Crippen molar-refractivity contribution in [3.05, 3.63) is 41.2 Å². The second kappa shape index (κ2) is 5.87. The first-order valence-corrected chi connectivity index (χ1v) is 5.89. The number of nitrogens with one attached hydrogen (secondary N) is 1. The number of benzene rings is 1. The van der Waals surface area contributed by atoms with E-state index < -0.39 is 12.5 Å². The predicted molar refractivity (Wildman–Crippen MR) is 69.2 cm³/mol. The molecule has 2 aromatic rings. The molecule has 0 bridgehead atoms. The van der Waals surface area contributed by atoms with Crippen molar-refractivity contribution in [2.45, 2.75) is 6.61 Å². The molecule has 1 N–H and O–H groups in total. The molecule has 1 heterocycles. The van der Waals surface area contributed by atoms with Crippen LogP contribution in [0.25, 0.3) is 0 Å². The van der Waals surface area contributed by atoms with Crippen LogP contribution in [0.2, 0.25) is 5.02 Å². The number of alkyl halides is 2. The van der Waals surface area contributed by atoms with E-state index in [1.807, 2.05) is 0 Å². The van der Waals surface area contributed by atoms with Crippen LogP contribution >= 0.6 is 11.6 Å². The maximum Gasteiger partial charge on any atom is 0.387 e. The third-order valence-electron chi connectivity index (χ3n) is 2.46. The molecule has 0 spiro atoms. The summed E-state index contributed by atoms with van der Waals surface area (Å²) in [6.07, 6.45) is 1.32. The van der Waals surface area contributed by atoms with Crippen molar-refractivity contribution in [1.29, 1.82) is 0 Å². The summed E-state index contributed by atoms with van der Waals surface area (Å²) in [5.74, 6) is -0.700. The van der Waals surface area contributed by atoms with Gasteiger partial charge in [-0.25, -0.2) is 0 Å². The smallest absolute Gasteiger partial charge is 0.387 e. The number of para-hydroxylation sites is 2. The van der Waals surface area contributed by atoms with Crippen molar-refractivity contribution in [2.75, 3.05) is 5.32 Å². The van der Waals surface area contributed by atoms with Crippen LogP contribution in [0.5, 0.6) is 5.75 Å². The van der Waals surface area contributed by atoms with Gasteiger partial charge in [-0.2, -0.15) is 13.9 Å². The van der Waals surface area contributed by atoms with Gasteiger partial charge in [-0.3, -0.25) is 9.48 Å². The standard InChI is InChI=1S/C12H10ClF2N3O2/c1-18-10(7(13)6-16-18)11(19)17-8-4-2-3-5-9(8)20-12(14)15/h2-6,12H,1H3,(H,17,19). The average molecular weight is 302 g/mol. The van der Waals surface area contributed by atoms with Gasteiger partial charge in [-0.15, -0.1) is 0 Å². The van der Waals surface area contributed by atoms with E-state index in [-0.39, 0.29) is 22.2 Å². The van der Waals surface area contributed by atoms with Gasteiger partial charge < -0.3 is 10.1 Å². The molecule has 0 unspecified atom stereocenters. The van der Waals surface area contributed by atoms with E-state index in [9.17, 15) is 13.6 Å². The van der Waals surface area contributed by atoms with Crippen LogP contribution in [0.15, 0.2) is 30.5 Å². The minimum absolute atomic E-state index is 0.120. The Balaban J connectivity index is 2.24. The third kappa shape index (κ3) is 3.05. The van der Waals surface area contributed by atoms with E-state index in [2.05, 4.69) is 15.2 Å². The highest BCUT2D eigenvalue weighted by atomic mass is 35.5. The molecule has 0 saturated carbocycles. The van der Waals surface area contributed by atoms with E-state index >= 15 is 0 Å². The lowest BCUT2D eigenvalue weighted by Gasteiger charge is -2.11. The van der Waals surface area contributed by atoms with Gasteiger partial charge in [0.2, 0.25) is 0 Å². The lowest BCUT2D eigenvalue weighted by Crippen LogP contribution is -2.17. The highest BCUT2D eigenvalue weighted by molar-refractivity contribution is 6.34. The Bertz CT molecular complexity index is 611. The van der Waals surface area contributed by atoms with E-state index in [1.54, 1.807) is 13.1 Å². The second-order valence-corrected chi connectivity index (χ2v) is 4.20. The fraction of sp³-hybridized carbons (Fsp3) is 0.167. The summed E-state index contributed by atoms with van der Waals surface area (Å²) in [5, 5.41) is 6.44. The molecule has 5 nitrogen and oxygen atoms in total. The molecule has 106 valence electrons. The number of halogens is 3. The molecule has 8 heteroatoms. The first-order valence-electron chi connectivity index (χ1n) is 5.51. The molecule has 1 aromatic heterocycles. The molecule has 0 fully saturated rings. The number of rotatable bonds is 4. The Morgan fingerprint density at radius 3 is 2.75 bits per heavy atom. The maximum absolute atomic E-state index is 12.3. The number of carbonyl (C=O) groups excluding carboxylic acids is 1. The van der Waals surface area contributed by atoms with Crippen LogP contribution in [0.3, 0.4) is 0 Å². The SMILES string of the molecule is Cn1ncc(Cl)c1C(=O)Nc1ccccc1OC(F)F. The van der Waals surface area contributed by atoms with E-state index in [4.69, 9.17) is 11.6 Å². The number of hydrogen-bond donors (Lipinski definition) is 1. The van der Waals surface area contributed by atoms with E-state index in [1.165, 1.54) is 29.1 Å². The van der Waals surface area contributed by atoms with Crippen LogP contribution in [0.4, 0.5) is 14.5 Å². The van der Waals surface area contributed by atoms with Gasteiger partial charge in [0.25, 0.3) is 5.91 Å².